The number of nitriles is 1. The molecule has 0 bridgehead atoms. The zero-order valence-corrected chi connectivity index (χ0v) is 39.1. The molecule has 1 unspecified atom stereocenters. The number of ether oxygens (including phenoxy) is 1. The first-order valence-corrected chi connectivity index (χ1v) is 24.3. The van der Waals surface area contributed by atoms with E-state index in [1.807, 2.05) is 48.7 Å². The van der Waals surface area contributed by atoms with Crippen molar-refractivity contribution in [3.05, 3.63) is 111 Å². The molecule has 5 aliphatic heterocycles. The van der Waals surface area contributed by atoms with Crippen LogP contribution in [0.1, 0.15) is 108 Å². The van der Waals surface area contributed by atoms with E-state index in [2.05, 4.69) is 61.9 Å². The number of piperidine rings is 2. The van der Waals surface area contributed by atoms with Crippen LogP contribution in [-0.4, -0.2) is 119 Å². The number of halogens is 1. The highest BCUT2D eigenvalue weighted by Gasteiger charge is 2.47. The number of aromatic nitrogens is 2. The molecule has 67 heavy (non-hydrogen) atoms. The van der Waals surface area contributed by atoms with E-state index in [0.29, 0.717) is 45.7 Å². The molecular weight excluding hydrogens is 866 g/mol. The van der Waals surface area contributed by atoms with Crippen LogP contribution in [0.4, 0.5) is 11.6 Å². The SMILES string of the molecule is CC(C)(c1ccc(OCc2ccnc(N3CCN(C4CCC5(CC4)CN(CC4CCN(c6ccc7c(c6)C(=O)N(C6CCC(=O)NC6=O)C7=O)CC4)C5)CC3)n2)cc1)c1cc(Cl)cc(C#N)c1. The zero-order valence-electron chi connectivity index (χ0n) is 38.4. The van der Waals surface area contributed by atoms with Gasteiger partial charge in [-0.3, -0.25) is 34.3 Å². The van der Waals surface area contributed by atoms with Crippen molar-refractivity contribution in [1.82, 2.24) is 30.0 Å². The summed E-state index contributed by atoms with van der Waals surface area (Å²) in [6.45, 7) is 13.8. The van der Waals surface area contributed by atoms with Crippen LogP contribution in [0.2, 0.25) is 5.02 Å². The van der Waals surface area contributed by atoms with Crippen molar-refractivity contribution >= 4 is 46.9 Å². The maximum Gasteiger partial charge on any atom is 0.262 e. The average Bonchev–Trinajstić information content (AvgIpc) is 3.58. The number of likely N-dealkylation sites (tertiary alicyclic amines) is 1. The lowest BCUT2D eigenvalue weighted by molar-refractivity contribution is -0.136. The fourth-order valence-electron chi connectivity index (χ4n) is 11.5. The summed E-state index contributed by atoms with van der Waals surface area (Å²) in [6, 6.07) is 22.8. The second-order valence-electron chi connectivity index (χ2n) is 20.2. The quantitative estimate of drug-likeness (QED) is 0.162. The molecule has 1 N–H and O–H groups in total. The van der Waals surface area contributed by atoms with Gasteiger partial charge in [-0.25, -0.2) is 9.97 Å². The molecule has 1 spiro atoms. The Kier molecular flexibility index (Phi) is 12.3. The van der Waals surface area contributed by atoms with Gasteiger partial charge >= 0.3 is 0 Å². The number of imide groups is 2. The fraction of sp³-hybridized carbons (Fsp3) is 0.481. The third-order valence-corrected chi connectivity index (χ3v) is 15.8. The lowest BCUT2D eigenvalue weighted by Gasteiger charge is -2.56. The summed E-state index contributed by atoms with van der Waals surface area (Å²) in [7, 11) is 0. The van der Waals surface area contributed by atoms with E-state index in [0.717, 1.165) is 97.8 Å². The van der Waals surface area contributed by atoms with E-state index in [4.69, 9.17) is 21.3 Å². The molecule has 0 radical (unpaired) electrons. The van der Waals surface area contributed by atoms with Crippen molar-refractivity contribution in [3.8, 4) is 11.8 Å². The van der Waals surface area contributed by atoms with Crippen LogP contribution >= 0.6 is 11.6 Å². The van der Waals surface area contributed by atoms with Crippen molar-refractivity contribution < 1.29 is 23.9 Å². The lowest BCUT2D eigenvalue weighted by atomic mass is 9.67. The number of anilines is 2. The Morgan fingerprint density at radius 3 is 2.27 bits per heavy atom. The first-order valence-electron chi connectivity index (χ1n) is 23.9. The van der Waals surface area contributed by atoms with Crippen LogP contribution in [0.5, 0.6) is 5.75 Å². The molecule has 1 aliphatic carbocycles. The van der Waals surface area contributed by atoms with E-state index in [1.165, 1.54) is 38.8 Å². The summed E-state index contributed by atoms with van der Waals surface area (Å²) in [6.07, 6.45) is 9.37. The van der Waals surface area contributed by atoms with Gasteiger partial charge < -0.3 is 19.4 Å². The second-order valence-corrected chi connectivity index (χ2v) is 20.6. The molecule has 4 amide bonds. The largest absolute Gasteiger partial charge is 0.487 e. The molecule has 3 aromatic carbocycles. The Hall–Kier alpha value is -5.88. The van der Waals surface area contributed by atoms with Crippen LogP contribution < -0.4 is 19.9 Å². The number of piperazine rings is 1. The minimum atomic E-state index is -0.955. The molecule has 4 aromatic rings. The van der Waals surface area contributed by atoms with Gasteiger partial charge in [-0.15, -0.1) is 0 Å². The number of carbonyl (C=O) groups excluding carboxylic acids is 4. The van der Waals surface area contributed by atoms with Gasteiger partial charge in [0, 0.05) is 93.7 Å². The number of hydrogen-bond donors (Lipinski definition) is 1. The van der Waals surface area contributed by atoms with Gasteiger partial charge in [0.15, 0.2) is 0 Å². The van der Waals surface area contributed by atoms with E-state index in [9.17, 15) is 24.4 Å². The Morgan fingerprint density at radius 1 is 0.821 bits per heavy atom. The highest BCUT2D eigenvalue weighted by molar-refractivity contribution is 6.30. The van der Waals surface area contributed by atoms with Gasteiger partial charge in [0.25, 0.3) is 11.8 Å². The number of amides is 4. The maximum atomic E-state index is 13.4. The average molecular weight is 925 g/mol. The van der Waals surface area contributed by atoms with E-state index < -0.39 is 23.8 Å². The molecule has 348 valence electrons. The van der Waals surface area contributed by atoms with Crippen LogP contribution in [0, 0.1) is 22.7 Å². The number of fused-ring (bicyclic) bond motifs is 1. The highest BCUT2D eigenvalue weighted by atomic mass is 35.5. The molecule has 1 aromatic heterocycles. The summed E-state index contributed by atoms with van der Waals surface area (Å²) in [4.78, 5) is 71.3. The maximum absolute atomic E-state index is 13.4. The third kappa shape index (κ3) is 9.13. The molecule has 1 atom stereocenters. The Labute approximate surface area is 397 Å². The second kappa shape index (κ2) is 18.3. The van der Waals surface area contributed by atoms with E-state index in [1.54, 1.807) is 12.1 Å². The van der Waals surface area contributed by atoms with E-state index >= 15 is 0 Å². The van der Waals surface area contributed by atoms with Crippen molar-refractivity contribution in [2.75, 3.05) is 68.7 Å². The number of nitrogens with one attached hydrogen (secondary N) is 1. The summed E-state index contributed by atoms with van der Waals surface area (Å²) in [5.74, 6) is 0.264. The number of benzene rings is 3. The van der Waals surface area contributed by atoms with Crippen molar-refractivity contribution in [1.29, 1.82) is 5.26 Å². The molecule has 10 rings (SSSR count). The summed E-state index contributed by atoms with van der Waals surface area (Å²) < 4.78 is 6.17. The van der Waals surface area contributed by atoms with Crippen LogP contribution in [0.15, 0.2) is 72.9 Å². The summed E-state index contributed by atoms with van der Waals surface area (Å²) in [5.41, 5.74) is 5.18. The Morgan fingerprint density at radius 2 is 1.55 bits per heavy atom. The Bertz CT molecular complexity index is 2600. The number of nitrogens with zero attached hydrogens (tertiary/aromatic N) is 8. The van der Waals surface area contributed by atoms with Gasteiger partial charge in [0.05, 0.1) is 28.5 Å². The van der Waals surface area contributed by atoms with Gasteiger partial charge in [-0.05, 0) is 122 Å². The predicted molar refractivity (Wildman–Crippen MR) is 254 cm³/mol. The Balaban J connectivity index is 0.638. The number of carbonyl (C=O) groups is 4. The van der Waals surface area contributed by atoms with Crippen molar-refractivity contribution in [2.45, 2.75) is 89.3 Å². The summed E-state index contributed by atoms with van der Waals surface area (Å²) in [5, 5.41) is 12.3. The minimum Gasteiger partial charge on any atom is -0.487 e. The fourth-order valence-corrected chi connectivity index (χ4v) is 11.8. The van der Waals surface area contributed by atoms with Crippen molar-refractivity contribution in [2.24, 2.45) is 11.3 Å². The van der Waals surface area contributed by atoms with Crippen LogP contribution in [-0.2, 0) is 21.6 Å². The van der Waals surface area contributed by atoms with Crippen LogP contribution in [0.25, 0.3) is 0 Å². The van der Waals surface area contributed by atoms with Gasteiger partial charge in [0.2, 0.25) is 17.8 Å². The monoisotopic (exact) mass is 923 g/mol. The minimum absolute atomic E-state index is 0.106. The van der Waals surface area contributed by atoms with Crippen LogP contribution in [0.3, 0.4) is 0 Å². The number of hydrogen-bond acceptors (Lipinski definition) is 12. The molecular formula is C52H58ClN9O5. The van der Waals surface area contributed by atoms with Gasteiger partial charge in [-0.2, -0.15) is 5.26 Å². The molecule has 14 nitrogen and oxygen atoms in total. The topological polar surface area (TPSA) is 155 Å². The smallest absolute Gasteiger partial charge is 0.262 e. The molecule has 6 heterocycles. The number of rotatable bonds is 11. The molecule has 5 fully saturated rings. The predicted octanol–water partition coefficient (Wildman–Crippen LogP) is 6.59. The molecule has 1 saturated carbocycles. The molecule has 4 saturated heterocycles. The van der Waals surface area contributed by atoms with Gasteiger partial charge in [0.1, 0.15) is 18.4 Å². The lowest BCUT2D eigenvalue weighted by Crippen LogP contribution is -2.60. The highest BCUT2D eigenvalue weighted by Crippen LogP contribution is 2.46. The first kappa shape index (κ1) is 44.9. The first-order chi connectivity index (χ1) is 32.3. The normalized spacial score (nSPS) is 21.9. The third-order valence-electron chi connectivity index (χ3n) is 15.6. The summed E-state index contributed by atoms with van der Waals surface area (Å²) >= 11 is 6.32. The molecule has 6 aliphatic rings. The van der Waals surface area contributed by atoms with Gasteiger partial charge in [-0.1, -0.05) is 37.6 Å². The zero-order chi connectivity index (χ0) is 46.5. The van der Waals surface area contributed by atoms with Crippen molar-refractivity contribution in [3.63, 3.8) is 0 Å². The van der Waals surface area contributed by atoms with E-state index in [-0.39, 0.29) is 24.2 Å². The standard InChI is InChI=1S/C52H58ClN9O5/c1-51(2,37-25-35(29-54)26-38(53)27-37)36-3-6-42(7-4-36)67-31-39-13-18-55-50(56-39)61-23-21-60(22-24-61)40-11-16-52(17-12-40)32-58(33-52)30-34-14-19-59(20-15-34)41-5-8-43-44(28-41)49(66)62(48(43)65)45-9-10-46(63)57-47(45)64/h3-8,13,18,25-28,34,40,45H,9-12,14-17,19-24,30-33H2,1-2H3,(H,57,63,64). The molecule has 15 heteroatoms.